The first kappa shape index (κ1) is 23.1. The number of anilines is 1. The van der Waals surface area contributed by atoms with Gasteiger partial charge in [0.05, 0.1) is 31.6 Å². The second-order valence-corrected chi connectivity index (χ2v) is 9.33. The van der Waals surface area contributed by atoms with Crippen molar-refractivity contribution in [1.82, 2.24) is 9.97 Å². The molecular weight excluding hydrogens is 502 g/mol. The van der Waals surface area contributed by atoms with E-state index in [1.807, 2.05) is 0 Å². The first-order chi connectivity index (χ1) is 14.0. The summed E-state index contributed by atoms with van der Waals surface area (Å²) in [7, 11) is 0. The maximum absolute atomic E-state index is 12.7. The van der Waals surface area contributed by atoms with Crippen LogP contribution in [0.5, 0.6) is 0 Å². The van der Waals surface area contributed by atoms with E-state index in [4.69, 9.17) is 34.8 Å². The molecule has 30 heavy (non-hydrogen) atoms. The lowest BCUT2D eigenvalue weighted by Crippen LogP contribution is -2.22. The average molecular weight is 513 g/mol. The fourth-order valence-electron chi connectivity index (χ4n) is 2.21. The quantitative estimate of drug-likeness (QED) is 0.364. The van der Waals surface area contributed by atoms with Crippen LogP contribution in [0.15, 0.2) is 40.9 Å². The van der Waals surface area contributed by atoms with Gasteiger partial charge in [0.1, 0.15) is 5.03 Å². The summed E-state index contributed by atoms with van der Waals surface area (Å²) in [6, 6.07) is 5.86. The van der Waals surface area contributed by atoms with Crippen LogP contribution in [0.1, 0.15) is 12.5 Å². The molecule has 1 N–H and O–H groups in total. The summed E-state index contributed by atoms with van der Waals surface area (Å²) in [5.74, 6) is -0.396. The highest BCUT2D eigenvalue weighted by atomic mass is 35.5. The monoisotopic (exact) mass is 511 g/mol. The lowest BCUT2D eigenvalue weighted by atomic mass is 10.2. The molecule has 0 aliphatic carbocycles. The topological polar surface area (TPSA) is 54.9 Å². The third kappa shape index (κ3) is 5.59. The summed E-state index contributed by atoms with van der Waals surface area (Å²) in [6.07, 6.45) is -3.86. The van der Waals surface area contributed by atoms with E-state index in [1.165, 1.54) is 11.3 Å². The lowest BCUT2D eigenvalue weighted by Gasteiger charge is -2.12. The Morgan fingerprint density at radius 2 is 1.90 bits per heavy atom. The molecule has 1 atom stereocenters. The maximum atomic E-state index is 12.7. The molecule has 3 aromatic rings. The molecule has 0 saturated carbocycles. The zero-order chi connectivity index (χ0) is 22.1. The number of carbonyl (C=O) groups is 1. The van der Waals surface area contributed by atoms with Gasteiger partial charge in [-0.2, -0.15) is 13.2 Å². The third-order valence-corrected chi connectivity index (χ3v) is 6.76. The van der Waals surface area contributed by atoms with Crippen LogP contribution in [0.2, 0.25) is 15.1 Å². The molecule has 1 amide bonds. The van der Waals surface area contributed by atoms with E-state index in [0.717, 1.165) is 23.4 Å². The molecule has 12 heteroatoms. The minimum Gasteiger partial charge on any atom is -0.301 e. The van der Waals surface area contributed by atoms with Crippen LogP contribution < -0.4 is 5.32 Å². The van der Waals surface area contributed by atoms with E-state index in [2.05, 4.69) is 15.3 Å². The number of carbonyl (C=O) groups excluding carboxylic acids is 1. The van der Waals surface area contributed by atoms with Gasteiger partial charge in [0.2, 0.25) is 5.91 Å². The Labute approximate surface area is 192 Å². The van der Waals surface area contributed by atoms with Crippen LogP contribution in [0.3, 0.4) is 0 Å². The summed E-state index contributed by atoms with van der Waals surface area (Å²) in [6.45, 7) is 1.59. The van der Waals surface area contributed by atoms with Crippen LogP contribution in [0.4, 0.5) is 18.3 Å². The fourth-order valence-corrected chi connectivity index (χ4v) is 4.32. The van der Waals surface area contributed by atoms with Crippen molar-refractivity contribution in [3.05, 3.63) is 56.5 Å². The van der Waals surface area contributed by atoms with Crippen molar-refractivity contribution >= 4 is 68.9 Å². The number of pyridine rings is 1. The van der Waals surface area contributed by atoms with Crippen molar-refractivity contribution in [3.63, 3.8) is 0 Å². The number of benzene rings is 1. The highest BCUT2D eigenvalue weighted by molar-refractivity contribution is 8.00. The number of nitrogens with zero attached hydrogens (tertiary/aromatic N) is 2. The minimum absolute atomic E-state index is 0.128. The average Bonchev–Trinajstić information content (AvgIpc) is 3.13. The second kappa shape index (κ2) is 9.32. The summed E-state index contributed by atoms with van der Waals surface area (Å²) < 4.78 is 38.1. The van der Waals surface area contributed by atoms with Crippen LogP contribution in [-0.4, -0.2) is 21.1 Å². The van der Waals surface area contributed by atoms with Crippen molar-refractivity contribution in [1.29, 1.82) is 0 Å². The van der Waals surface area contributed by atoms with Gasteiger partial charge in [-0.1, -0.05) is 52.6 Å². The van der Waals surface area contributed by atoms with Crippen molar-refractivity contribution in [2.24, 2.45) is 0 Å². The van der Waals surface area contributed by atoms with Crippen LogP contribution in [0, 0.1) is 0 Å². The Morgan fingerprint density at radius 1 is 1.17 bits per heavy atom. The molecule has 2 aromatic heterocycles. The molecule has 0 aliphatic rings. The number of hydrogen-bond donors (Lipinski definition) is 1. The molecule has 1 aromatic carbocycles. The highest BCUT2D eigenvalue weighted by Gasteiger charge is 2.32. The molecule has 158 valence electrons. The Balaban J connectivity index is 1.66. The van der Waals surface area contributed by atoms with Gasteiger partial charge in [0, 0.05) is 17.1 Å². The number of thioether (sulfide) groups is 1. The van der Waals surface area contributed by atoms with Gasteiger partial charge in [-0.25, -0.2) is 9.97 Å². The van der Waals surface area contributed by atoms with Gasteiger partial charge in [0.25, 0.3) is 0 Å². The Morgan fingerprint density at radius 3 is 2.53 bits per heavy atom. The van der Waals surface area contributed by atoms with Gasteiger partial charge >= 0.3 is 6.18 Å². The fraction of sp³-hybridized carbons (Fsp3) is 0.167. The summed E-state index contributed by atoms with van der Waals surface area (Å²) in [4.78, 5) is 20.5. The number of thiazole rings is 1. The van der Waals surface area contributed by atoms with Crippen molar-refractivity contribution in [2.75, 3.05) is 5.32 Å². The van der Waals surface area contributed by atoms with E-state index in [0.29, 0.717) is 27.1 Å². The normalized spacial score (nSPS) is 12.6. The molecule has 0 bridgehead atoms. The minimum atomic E-state index is -4.54. The van der Waals surface area contributed by atoms with E-state index < -0.39 is 22.9 Å². The van der Waals surface area contributed by atoms with Crippen molar-refractivity contribution < 1.29 is 18.0 Å². The summed E-state index contributed by atoms with van der Waals surface area (Å²) in [5.41, 5.74) is 0.400. The number of aromatic nitrogens is 2. The van der Waals surface area contributed by atoms with Gasteiger partial charge in [-0.05, 0) is 25.1 Å². The molecule has 0 fully saturated rings. The highest BCUT2D eigenvalue weighted by Crippen LogP contribution is 2.35. The Hall–Kier alpha value is -1.52. The third-order valence-electron chi connectivity index (χ3n) is 3.74. The van der Waals surface area contributed by atoms with E-state index in [1.54, 1.807) is 30.5 Å². The zero-order valence-corrected chi connectivity index (χ0v) is 18.8. The first-order valence-electron chi connectivity index (χ1n) is 8.16. The molecule has 0 saturated heterocycles. The van der Waals surface area contributed by atoms with Gasteiger partial charge in [-0.3, -0.25) is 4.79 Å². The standard InChI is InChI=1S/C18H11Cl3F3N3OS2/c1-8(30-16-13(21)5-10(6-25-16)18(22,23)24)15(28)27-17-26-14(7-29-17)9-2-3-11(19)12(20)4-9/h2-8H,1H3,(H,26,27,28)/t8-/m1/s1. The van der Waals surface area contributed by atoms with E-state index in [-0.39, 0.29) is 10.0 Å². The number of hydrogen-bond acceptors (Lipinski definition) is 5. The molecular formula is C18H11Cl3F3N3OS2. The Kier molecular flexibility index (Phi) is 7.19. The maximum Gasteiger partial charge on any atom is 0.417 e. The van der Waals surface area contributed by atoms with Crippen molar-refractivity contribution in [3.8, 4) is 11.3 Å². The smallest absolute Gasteiger partial charge is 0.301 e. The van der Waals surface area contributed by atoms with Crippen molar-refractivity contribution in [2.45, 2.75) is 23.4 Å². The van der Waals surface area contributed by atoms with Crippen LogP contribution in [0.25, 0.3) is 11.3 Å². The number of halogens is 6. The number of amides is 1. The number of rotatable bonds is 5. The molecule has 2 heterocycles. The molecule has 0 unspecified atom stereocenters. The number of nitrogens with one attached hydrogen (secondary N) is 1. The Bertz CT molecular complexity index is 1090. The lowest BCUT2D eigenvalue weighted by molar-refractivity contribution is -0.137. The molecule has 4 nitrogen and oxygen atoms in total. The molecule has 0 spiro atoms. The summed E-state index contributed by atoms with van der Waals surface area (Å²) >= 11 is 20.0. The van der Waals surface area contributed by atoms with Gasteiger partial charge < -0.3 is 5.32 Å². The molecule has 0 aliphatic heterocycles. The zero-order valence-electron chi connectivity index (χ0n) is 14.9. The largest absolute Gasteiger partial charge is 0.417 e. The summed E-state index contributed by atoms with van der Waals surface area (Å²) in [5, 5.41) is 4.87. The van der Waals surface area contributed by atoms with E-state index >= 15 is 0 Å². The van der Waals surface area contributed by atoms with Gasteiger partial charge in [0.15, 0.2) is 5.13 Å². The van der Waals surface area contributed by atoms with Crippen LogP contribution in [-0.2, 0) is 11.0 Å². The van der Waals surface area contributed by atoms with Gasteiger partial charge in [-0.15, -0.1) is 11.3 Å². The molecule has 3 rings (SSSR count). The first-order valence-corrected chi connectivity index (χ1v) is 11.0. The number of alkyl halides is 3. The van der Waals surface area contributed by atoms with Crippen LogP contribution >= 0.6 is 57.9 Å². The molecule has 0 radical (unpaired) electrons. The van der Waals surface area contributed by atoms with E-state index in [9.17, 15) is 18.0 Å². The second-order valence-electron chi connectivity index (χ2n) is 5.92. The predicted octanol–water partition coefficient (Wildman–Crippen LogP) is 7.30. The predicted molar refractivity (Wildman–Crippen MR) is 116 cm³/mol. The SMILES string of the molecule is C[C@@H](Sc1ncc(C(F)(F)F)cc1Cl)C(=O)Nc1nc(-c2ccc(Cl)c(Cl)c2)cs1.